The number of rotatable bonds is 4. The Labute approximate surface area is 145 Å². The predicted octanol–water partition coefficient (Wildman–Crippen LogP) is 4.23. The number of para-hydroxylation sites is 1. The van der Waals surface area contributed by atoms with Gasteiger partial charge in [0.05, 0.1) is 5.69 Å². The van der Waals surface area contributed by atoms with Crippen molar-refractivity contribution in [3.8, 4) is 0 Å². The number of benzene rings is 2. The highest BCUT2D eigenvalue weighted by atomic mass is 19.1. The van der Waals surface area contributed by atoms with Crippen LogP contribution in [0.4, 0.5) is 21.6 Å². The van der Waals surface area contributed by atoms with Crippen molar-refractivity contribution in [2.75, 3.05) is 10.6 Å². The van der Waals surface area contributed by atoms with Gasteiger partial charge < -0.3 is 10.6 Å². The zero-order valence-corrected chi connectivity index (χ0v) is 13.9. The maximum atomic E-state index is 13.6. The van der Waals surface area contributed by atoms with E-state index in [1.54, 1.807) is 12.1 Å². The van der Waals surface area contributed by atoms with Crippen LogP contribution in [0, 0.1) is 19.7 Å². The van der Waals surface area contributed by atoms with Crippen molar-refractivity contribution in [3.05, 3.63) is 77.5 Å². The smallest absolute Gasteiger partial charge is 0.274 e. The van der Waals surface area contributed by atoms with Gasteiger partial charge in [0.1, 0.15) is 23.7 Å². The van der Waals surface area contributed by atoms with Crippen LogP contribution in [0.5, 0.6) is 0 Å². The van der Waals surface area contributed by atoms with Crippen LogP contribution in [0.2, 0.25) is 0 Å². The van der Waals surface area contributed by atoms with Crippen molar-refractivity contribution in [1.82, 2.24) is 9.97 Å². The van der Waals surface area contributed by atoms with Crippen LogP contribution in [0.3, 0.4) is 0 Å². The molecular formula is C19H17FN4O. The lowest BCUT2D eigenvalue weighted by molar-refractivity contribution is 0.102. The number of aryl methyl sites for hydroxylation is 2. The molecular weight excluding hydrogens is 319 g/mol. The second kappa shape index (κ2) is 7.09. The Hall–Kier alpha value is -3.28. The molecule has 0 saturated carbocycles. The molecule has 0 aliphatic rings. The molecule has 0 aliphatic heterocycles. The fraction of sp³-hybridized carbons (Fsp3) is 0.105. The summed E-state index contributed by atoms with van der Waals surface area (Å²) in [6, 6.07) is 13.4. The lowest BCUT2D eigenvalue weighted by Crippen LogP contribution is -2.15. The minimum atomic E-state index is -0.504. The first-order valence-electron chi connectivity index (χ1n) is 7.75. The van der Waals surface area contributed by atoms with Gasteiger partial charge in [-0.3, -0.25) is 4.79 Å². The Morgan fingerprint density at radius 1 is 1.00 bits per heavy atom. The number of carbonyl (C=O) groups excluding carboxylic acids is 1. The molecule has 0 spiro atoms. The van der Waals surface area contributed by atoms with Gasteiger partial charge in [-0.25, -0.2) is 14.4 Å². The molecule has 0 aliphatic carbocycles. The van der Waals surface area contributed by atoms with Gasteiger partial charge in [-0.2, -0.15) is 0 Å². The number of hydrogen-bond donors (Lipinski definition) is 2. The zero-order chi connectivity index (χ0) is 17.8. The third-order valence-corrected chi connectivity index (χ3v) is 3.80. The third kappa shape index (κ3) is 3.98. The molecule has 0 saturated heterocycles. The van der Waals surface area contributed by atoms with Crippen LogP contribution < -0.4 is 10.6 Å². The Morgan fingerprint density at radius 2 is 1.80 bits per heavy atom. The lowest BCUT2D eigenvalue weighted by Gasteiger charge is -2.09. The molecule has 1 aromatic heterocycles. The number of anilines is 3. The molecule has 1 amide bonds. The van der Waals surface area contributed by atoms with Crippen molar-refractivity contribution in [1.29, 1.82) is 0 Å². The van der Waals surface area contributed by atoms with Crippen LogP contribution in [0.1, 0.15) is 21.6 Å². The number of hydrogen-bond acceptors (Lipinski definition) is 4. The molecule has 0 fully saturated rings. The molecule has 2 N–H and O–H groups in total. The van der Waals surface area contributed by atoms with E-state index in [2.05, 4.69) is 20.6 Å². The number of carbonyl (C=O) groups is 1. The summed E-state index contributed by atoms with van der Waals surface area (Å²) in [5.41, 5.74) is 3.45. The summed E-state index contributed by atoms with van der Waals surface area (Å²) in [6.45, 7) is 4.06. The standard InChI is InChI=1S/C19H17FN4O/c1-12-7-8-14(9-13(12)2)23-18-10-17(21-11-22-18)19(25)24-16-6-4-3-5-15(16)20/h3-11H,1-2H3,(H,24,25)(H,21,22,23). The largest absolute Gasteiger partial charge is 0.340 e. The highest BCUT2D eigenvalue weighted by Crippen LogP contribution is 2.19. The molecule has 25 heavy (non-hydrogen) atoms. The van der Waals surface area contributed by atoms with Gasteiger partial charge in [-0.1, -0.05) is 18.2 Å². The summed E-state index contributed by atoms with van der Waals surface area (Å²) in [4.78, 5) is 20.3. The highest BCUT2D eigenvalue weighted by molar-refractivity contribution is 6.03. The maximum Gasteiger partial charge on any atom is 0.274 e. The molecule has 0 bridgehead atoms. The molecule has 0 unspecified atom stereocenters. The first-order chi connectivity index (χ1) is 12.0. The Balaban J connectivity index is 1.77. The van der Waals surface area contributed by atoms with Gasteiger partial charge >= 0.3 is 0 Å². The number of halogens is 1. The summed E-state index contributed by atoms with van der Waals surface area (Å²) in [5, 5.41) is 5.64. The highest BCUT2D eigenvalue weighted by Gasteiger charge is 2.11. The number of nitrogens with zero attached hydrogens (tertiary/aromatic N) is 2. The van der Waals surface area contributed by atoms with Gasteiger partial charge in [0, 0.05) is 11.8 Å². The van der Waals surface area contributed by atoms with Crippen molar-refractivity contribution in [3.63, 3.8) is 0 Å². The van der Waals surface area contributed by atoms with Gasteiger partial charge in [-0.05, 0) is 49.2 Å². The van der Waals surface area contributed by atoms with Gasteiger partial charge in [-0.15, -0.1) is 0 Å². The van der Waals surface area contributed by atoms with E-state index in [1.807, 2.05) is 32.0 Å². The SMILES string of the molecule is Cc1ccc(Nc2cc(C(=O)Nc3ccccc3F)ncn2)cc1C. The molecule has 3 rings (SSSR count). The predicted molar refractivity (Wildman–Crippen MR) is 95.6 cm³/mol. The number of aromatic nitrogens is 2. The average Bonchev–Trinajstić information content (AvgIpc) is 2.60. The monoisotopic (exact) mass is 336 g/mol. The summed E-state index contributed by atoms with van der Waals surface area (Å²) in [7, 11) is 0. The zero-order valence-electron chi connectivity index (χ0n) is 13.9. The molecule has 0 atom stereocenters. The first kappa shape index (κ1) is 16.6. The van der Waals surface area contributed by atoms with Crippen molar-refractivity contribution in [2.45, 2.75) is 13.8 Å². The van der Waals surface area contributed by atoms with E-state index in [4.69, 9.17) is 0 Å². The van der Waals surface area contributed by atoms with E-state index in [-0.39, 0.29) is 11.4 Å². The first-order valence-corrected chi connectivity index (χ1v) is 7.75. The van der Waals surface area contributed by atoms with E-state index in [1.165, 1.54) is 30.1 Å². The average molecular weight is 336 g/mol. The minimum absolute atomic E-state index is 0.106. The Morgan fingerprint density at radius 3 is 2.56 bits per heavy atom. The van der Waals surface area contributed by atoms with Gasteiger partial charge in [0.15, 0.2) is 0 Å². The molecule has 3 aromatic rings. The quantitative estimate of drug-likeness (QED) is 0.748. The molecule has 0 radical (unpaired) electrons. The summed E-state index contributed by atoms with van der Waals surface area (Å²) < 4.78 is 13.6. The summed E-state index contributed by atoms with van der Waals surface area (Å²) in [6.07, 6.45) is 1.29. The maximum absolute atomic E-state index is 13.6. The number of amides is 1. The van der Waals surface area contributed by atoms with E-state index in [0.29, 0.717) is 5.82 Å². The van der Waals surface area contributed by atoms with Crippen LogP contribution >= 0.6 is 0 Å². The minimum Gasteiger partial charge on any atom is -0.340 e. The topological polar surface area (TPSA) is 66.9 Å². The second-order valence-electron chi connectivity index (χ2n) is 5.65. The molecule has 126 valence electrons. The second-order valence-corrected chi connectivity index (χ2v) is 5.65. The van der Waals surface area contributed by atoms with Gasteiger partial charge in [0.25, 0.3) is 5.91 Å². The Kier molecular flexibility index (Phi) is 4.70. The van der Waals surface area contributed by atoms with Crippen molar-refractivity contribution in [2.24, 2.45) is 0 Å². The van der Waals surface area contributed by atoms with E-state index >= 15 is 0 Å². The van der Waals surface area contributed by atoms with Crippen LogP contribution in [0.25, 0.3) is 0 Å². The van der Waals surface area contributed by atoms with Crippen LogP contribution in [-0.2, 0) is 0 Å². The number of nitrogens with one attached hydrogen (secondary N) is 2. The molecule has 1 heterocycles. The molecule has 6 heteroatoms. The van der Waals surface area contributed by atoms with E-state index in [0.717, 1.165) is 11.3 Å². The molecule has 2 aromatic carbocycles. The van der Waals surface area contributed by atoms with E-state index in [9.17, 15) is 9.18 Å². The Bertz CT molecular complexity index is 927. The van der Waals surface area contributed by atoms with Crippen LogP contribution in [0.15, 0.2) is 54.9 Å². The van der Waals surface area contributed by atoms with Gasteiger partial charge in [0.2, 0.25) is 0 Å². The summed E-state index contributed by atoms with van der Waals surface area (Å²) in [5.74, 6) is -0.522. The van der Waals surface area contributed by atoms with Crippen molar-refractivity contribution >= 4 is 23.1 Å². The lowest BCUT2D eigenvalue weighted by atomic mass is 10.1. The van der Waals surface area contributed by atoms with Crippen LogP contribution in [-0.4, -0.2) is 15.9 Å². The normalized spacial score (nSPS) is 10.4. The fourth-order valence-electron chi connectivity index (χ4n) is 2.27. The van der Waals surface area contributed by atoms with Crippen molar-refractivity contribution < 1.29 is 9.18 Å². The third-order valence-electron chi connectivity index (χ3n) is 3.80. The van der Waals surface area contributed by atoms with E-state index < -0.39 is 11.7 Å². The summed E-state index contributed by atoms with van der Waals surface area (Å²) >= 11 is 0. The molecule has 5 nitrogen and oxygen atoms in total. The fourth-order valence-corrected chi connectivity index (χ4v) is 2.27.